The van der Waals surface area contributed by atoms with Crippen LogP contribution < -0.4 is 5.32 Å². The van der Waals surface area contributed by atoms with Gasteiger partial charge in [-0.05, 0) is 36.8 Å². The summed E-state index contributed by atoms with van der Waals surface area (Å²) in [4.78, 5) is 0. The van der Waals surface area contributed by atoms with Crippen molar-refractivity contribution in [1.29, 1.82) is 0 Å². The summed E-state index contributed by atoms with van der Waals surface area (Å²) in [5.41, 5.74) is 2.46. The fourth-order valence-corrected chi connectivity index (χ4v) is 2.02. The van der Waals surface area contributed by atoms with Gasteiger partial charge in [0.25, 0.3) is 0 Å². The minimum Gasteiger partial charge on any atom is -0.310 e. The Bertz CT molecular complexity index is 382. The van der Waals surface area contributed by atoms with Gasteiger partial charge >= 0.3 is 6.18 Å². The average Bonchev–Trinajstić information content (AvgIpc) is 2.35. The van der Waals surface area contributed by atoms with Crippen LogP contribution in [0.25, 0.3) is 0 Å². The molecule has 1 aromatic rings. The maximum Gasteiger partial charge on any atom is 0.389 e. The Hall–Kier alpha value is -1.03. The third kappa shape index (κ3) is 6.94. The molecule has 4 heteroatoms. The van der Waals surface area contributed by atoms with E-state index >= 15 is 0 Å². The van der Waals surface area contributed by atoms with Gasteiger partial charge in [0, 0.05) is 19.0 Å². The lowest BCUT2D eigenvalue weighted by atomic mass is 10.0. The van der Waals surface area contributed by atoms with Crippen LogP contribution in [0.5, 0.6) is 0 Å². The molecule has 0 saturated carbocycles. The smallest absolute Gasteiger partial charge is 0.310 e. The first-order valence-electron chi connectivity index (χ1n) is 7.17. The molecular weight excluding hydrogens is 263 g/mol. The summed E-state index contributed by atoms with van der Waals surface area (Å²) >= 11 is 0. The van der Waals surface area contributed by atoms with Crippen molar-refractivity contribution < 1.29 is 13.2 Å². The highest BCUT2D eigenvalue weighted by Crippen LogP contribution is 2.22. The van der Waals surface area contributed by atoms with Gasteiger partial charge in [-0.15, -0.1) is 0 Å². The number of hydrogen-bond acceptors (Lipinski definition) is 1. The monoisotopic (exact) mass is 287 g/mol. The van der Waals surface area contributed by atoms with Gasteiger partial charge in [0.15, 0.2) is 0 Å². The van der Waals surface area contributed by atoms with Crippen molar-refractivity contribution >= 4 is 0 Å². The zero-order chi connectivity index (χ0) is 15.2. The SMILES string of the molecule is CC(CCCC(F)(F)F)NCc1ccc(C(C)C)cc1. The van der Waals surface area contributed by atoms with Crippen LogP contribution in [0, 0.1) is 0 Å². The Labute approximate surface area is 119 Å². The molecule has 114 valence electrons. The second kappa shape index (κ2) is 7.67. The highest BCUT2D eigenvalue weighted by Gasteiger charge is 2.26. The zero-order valence-electron chi connectivity index (χ0n) is 12.4. The van der Waals surface area contributed by atoms with Crippen molar-refractivity contribution in [3.05, 3.63) is 35.4 Å². The molecule has 0 aliphatic heterocycles. The quantitative estimate of drug-likeness (QED) is 0.742. The van der Waals surface area contributed by atoms with Crippen LogP contribution >= 0.6 is 0 Å². The third-order valence-electron chi connectivity index (χ3n) is 3.40. The van der Waals surface area contributed by atoms with Crippen LogP contribution in [0.1, 0.15) is 57.1 Å². The number of halogens is 3. The van der Waals surface area contributed by atoms with Gasteiger partial charge < -0.3 is 5.32 Å². The maximum atomic E-state index is 12.0. The topological polar surface area (TPSA) is 12.0 Å². The second-order valence-electron chi connectivity index (χ2n) is 5.69. The number of hydrogen-bond donors (Lipinski definition) is 1. The van der Waals surface area contributed by atoms with E-state index < -0.39 is 12.6 Å². The van der Waals surface area contributed by atoms with Crippen molar-refractivity contribution in [3.8, 4) is 0 Å². The van der Waals surface area contributed by atoms with Gasteiger partial charge in [0.2, 0.25) is 0 Å². The van der Waals surface area contributed by atoms with Crippen molar-refractivity contribution in [3.63, 3.8) is 0 Å². The van der Waals surface area contributed by atoms with Crippen LogP contribution in [-0.4, -0.2) is 12.2 Å². The Morgan fingerprint density at radius 1 is 1.05 bits per heavy atom. The summed E-state index contributed by atoms with van der Waals surface area (Å²) < 4.78 is 36.1. The molecule has 0 aliphatic carbocycles. The van der Waals surface area contributed by atoms with E-state index in [0.29, 0.717) is 18.9 Å². The Morgan fingerprint density at radius 2 is 1.65 bits per heavy atom. The molecule has 1 nitrogen and oxygen atoms in total. The zero-order valence-corrected chi connectivity index (χ0v) is 12.4. The minimum absolute atomic E-state index is 0.0992. The van der Waals surface area contributed by atoms with E-state index in [1.165, 1.54) is 5.56 Å². The van der Waals surface area contributed by atoms with Crippen LogP contribution in [0.3, 0.4) is 0 Å². The molecule has 0 saturated heterocycles. The molecule has 0 bridgehead atoms. The molecule has 1 atom stereocenters. The van der Waals surface area contributed by atoms with E-state index in [1.54, 1.807) is 0 Å². The molecule has 1 unspecified atom stereocenters. The van der Waals surface area contributed by atoms with E-state index in [0.717, 1.165) is 5.56 Å². The Morgan fingerprint density at radius 3 is 2.15 bits per heavy atom. The Balaban J connectivity index is 2.28. The molecule has 0 aliphatic rings. The first kappa shape index (κ1) is 17.0. The van der Waals surface area contributed by atoms with Crippen molar-refractivity contribution in [2.45, 2.75) is 64.7 Å². The summed E-state index contributed by atoms with van der Waals surface area (Å²) in [5.74, 6) is 0.512. The molecule has 0 radical (unpaired) electrons. The molecule has 0 aromatic heterocycles. The first-order chi connectivity index (χ1) is 9.28. The molecule has 0 heterocycles. The fourth-order valence-electron chi connectivity index (χ4n) is 2.02. The number of rotatable bonds is 7. The number of alkyl halides is 3. The number of benzene rings is 1. The van der Waals surface area contributed by atoms with Crippen LogP contribution in [0.4, 0.5) is 13.2 Å². The summed E-state index contributed by atoms with van der Waals surface area (Å²) in [7, 11) is 0. The molecule has 1 aromatic carbocycles. The van der Waals surface area contributed by atoms with Crippen LogP contribution in [0.15, 0.2) is 24.3 Å². The van der Waals surface area contributed by atoms with E-state index in [2.05, 4.69) is 43.4 Å². The van der Waals surface area contributed by atoms with Crippen molar-refractivity contribution in [2.24, 2.45) is 0 Å². The number of nitrogens with one attached hydrogen (secondary N) is 1. The lowest BCUT2D eigenvalue weighted by molar-refractivity contribution is -0.135. The summed E-state index contributed by atoms with van der Waals surface area (Å²) in [6, 6.07) is 8.46. The predicted molar refractivity (Wildman–Crippen MR) is 76.7 cm³/mol. The van der Waals surface area contributed by atoms with Gasteiger partial charge in [0.1, 0.15) is 0 Å². The highest BCUT2D eigenvalue weighted by molar-refractivity contribution is 5.24. The minimum atomic E-state index is -4.04. The van der Waals surface area contributed by atoms with E-state index in [4.69, 9.17) is 0 Å². The summed E-state index contributed by atoms with van der Waals surface area (Å²) in [6.07, 6.45) is -4.00. The second-order valence-corrected chi connectivity index (χ2v) is 5.69. The fraction of sp³-hybridized carbons (Fsp3) is 0.625. The van der Waals surface area contributed by atoms with Crippen LogP contribution in [0.2, 0.25) is 0 Å². The lowest BCUT2D eigenvalue weighted by Gasteiger charge is -2.15. The molecule has 20 heavy (non-hydrogen) atoms. The molecule has 1 N–H and O–H groups in total. The lowest BCUT2D eigenvalue weighted by Crippen LogP contribution is -2.25. The normalized spacial score (nSPS) is 13.8. The standard InChI is InChI=1S/C16H24F3N/c1-12(2)15-8-6-14(7-9-15)11-20-13(3)5-4-10-16(17,18)19/h6-9,12-13,20H,4-5,10-11H2,1-3H3. The maximum absolute atomic E-state index is 12.0. The Kier molecular flexibility index (Phi) is 6.53. The average molecular weight is 287 g/mol. The summed E-state index contributed by atoms with van der Waals surface area (Å²) in [5, 5.41) is 3.27. The van der Waals surface area contributed by atoms with E-state index in [1.807, 2.05) is 6.92 Å². The molecular formula is C16H24F3N. The predicted octanol–water partition coefficient (Wildman–Crippen LogP) is 5.02. The summed E-state index contributed by atoms with van der Waals surface area (Å²) in [6.45, 7) is 6.93. The highest BCUT2D eigenvalue weighted by atomic mass is 19.4. The van der Waals surface area contributed by atoms with Crippen LogP contribution in [-0.2, 0) is 6.54 Å². The molecule has 0 amide bonds. The molecule has 0 fully saturated rings. The van der Waals surface area contributed by atoms with E-state index in [-0.39, 0.29) is 12.5 Å². The molecule has 1 rings (SSSR count). The van der Waals surface area contributed by atoms with Crippen molar-refractivity contribution in [2.75, 3.05) is 0 Å². The van der Waals surface area contributed by atoms with Gasteiger partial charge in [-0.25, -0.2) is 0 Å². The largest absolute Gasteiger partial charge is 0.389 e. The molecule has 0 spiro atoms. The van der Waals surface area contributed by atoms with Gasteiger partial charge in [-0.2, -0.15) is 13.2 Å². The van der Waals surface area contributed by atoms with Gasteiger partial charge in [-0.1, -0.05) is 38.1 Å². The van der Waals surface area contributed by atoms with Gasteiger partial charge in [-0.3, -0.25) is 0 Å². The van der Waals surface area contributed by atoms with E-state index in [9.17, 15) is 13.2 Å². The van der Waals surface area contributed by atoms with Gasteiger partial charge in [0.05, 0.1) is 0 Å². The van der Waals surface area contributed by atoms with Crippen molar-refractivity contribution in [1.82, 2.24) is 5.32 Å². The third-order valence-corrected chi connectivity index (χ3v) is 3.40. The first-order valence-corrected chi connectivity index (χ1v) is 7.17.